The standard InChI is InChI=1S/C13H23NO3/c1-3-15-13(16-4-2)10-11(7-8-14)12-6-5-9-17-12/h5-6,9,11,13H,3-4,7-8,10,14H2,1-2H3. The minimum Gasteiger partial charge on any atom is -0.469 e. The topological polar surface area (TPSA) is 57.6 Å². The van der Waals surface area contributed by atoms with Crippen LogP contribution in [0.15, 0.2) is 22.8 Å². The van der Waals surface area contributed by atoms with E-state index in [1.807, 2.05) is 26.0 Å². The van der Waals surface area contributed by atoms with Gasteiger partial charge in [-0.2, -0.15) is 0 Å². The Kier molecular flexibility index (Phi) is 6.93. The van der Waals surface area contributed by atoms with Crippen LogP contribution in [0.25, 0.3) is 0 Å². The maximum Gasteiger partial charge on any atom is 0.158 e. The average molecular weight is 241 g/mol. The summed E-state index contributed by atoms with van der Waals surface area (Å²) in [5.41, 5.74) is 5.64. The van der Waals surface area contributed by atoms with Gasteiger partial charge in [0.05, 0.1) is 6.26 Å². The van der Waals surface area contributed by atoms with Crippen molar-refractivity contribution in [1.82, 2.24) is 0 Å². The van der Waals surface area contributed by atoms with Crippen LogP contribution in [0.3, 0.4) is 0 Å². The highest BCUT2D eigenvalue weighted by atomic mass is 16.7. The zero-order valence-electron chi connectivity index (χ0n) is 10.7. The molecule has 0 aliphatic rings. The summed E-state index contributed by atoms with van der Waals surface area (Å²) in [6, 6.07) is 3.88. The largest absolute Gasteiger partial charge is 0.469 e. The first-order valence-corrected chi connectivity index (χ1v) is 6.28. The van der Waals surface area contributed by atoms with Gasteiger partial charge in [-0.15, -0.1) is 0 Å². The molecule has 2 N–H and O–H groups in total. The Labute approximate surface area is 103 Å². The lowest BCUT2D eigenvalue weighted by Gasteiger charge is -2.21. The van der Waals surface area contributed by atoms with Crippen LogP contribution in [0.1, 0.15) is 38.4 Å². The lowest BCUT2D eigenvalue weighted by atomic mass is 9.98. The molecule has 0 spiro atoms. The molecule has 1 aromatic heterocycles. The Hall–Kier alpha value is -0.840. The smallest absolute Gasteiger partial charge is 0.158 e. The molecule has 17 heavy (non-hydrogen) atoms. The van der Waals surface area contributed by atoms with Crippen molar-refractivity contribution >= 4 is 0 Å². The molecule has 0 bridgehead atoms. The summed E-state index contributed by atoms with van der Waals surface area (Å²) in [6.07, 6.45) is 3.18. The summed E-state index contributed by atoms with van der Waals surface area (Å²) >= 11 is 0. The third-order valence-corrected chi connectivity index (χ3v) is 2.64. The molecule has 0 radical (unpaired) electrons. The third-order valence-electron chi connectivity index (χ3n) is 2.64. The van der Waals surface area contributed by atoms with Crippen molar-refractivity contribution < 1.29 is 13.9 Å². The van der Waals surface area contributed by atoms with E-state index in [0.29, 0.717) is 19.8 Å². The van der Waals surface area contributed by atoms with E-state index >= 15 is 0 Å². The van der Waals surface area contributed by atoms with Crippen LogP contribution in [0, 0.1) is 0 Å². The van der Waals surface area contributed by atoms with E-state index in [1.54, 1.807) is 6.26 Å². The van der Waals surface area contributed by atoms with Gasteiger partial charge in [0.1, 0.15) is 5.76 Å². The summed E-state index contributed by atoms with van der Waals surface area (Å²) in [7, 11) is 0. The molecule has 0 fully saturated rings. The zero-order chi connectivity index (χ0) is 12.5. The van der Waals surface area contributed by atoms with Gasteiger partial charge >= 0.3 is 0 Å². The summed E-state index contributed by atoms with van der Waals surface area (Å²) in [5, 5.41) is 0. The van der Waals surface area contributed by atoms with Crippen LogP contribution >= 0.6 is 0 Å². The molecule has 4 heteroatoms. The Morgan fingerprint density at radius 3 is 2.47 bits per heavy atom. The maximum absolute atomic E-state index is 5.64. The van der Waals surface area contributed by atoms with Gasteiger partial charge in [-0.05, 0) is 38.9 Å². The first kappa shape index (κ1) is 14.2. The minimum absolute atomic E-state index is 0.174. The van der Waals surface area contributed by atoms with Crippen molar-refractivity contribution in [2.45, 2.75) is 38.9 Å². The van der Waals surface area contributed by atoms with E-state index in [9.17, 15) is 0 Å². The van der Waals surface area contributed by atoms with E-state index in [0.717, 1.165) is 18.6 Å². The Morgan fingerprint density at radius 1 is 1.29 bits per heavy atom. The molecular formula is C13H23NO3. The van der Waals surface area contributed by atoms with Gasteiger partial charge in [0.2, 0.25) is 0 Å². The fraction of sp³-hybridized carbons (Fsp3) is 0.692. The van der Waals surface area contributed by atoms with Crippen LogP contribution in [0.4, 0.5) is 0 Å². The molecule has 98 valence electrons. The molecule has 1 unspecified atom stereocenters. The highest BCUT2D eigenvalue weighted by molar-refractivity contribution is 5.05. The molecule has 0 aliphatic carbocycles. The van der Waals surface area contributed by atoms with Gasteiger partial charge < -0.3 is 19.6 Å². The Balaban J connectivity index is 2.57. The van der Waals surface area contributed by atoms with Gasteiger partial charge in [0.15, 0.2) is 6.29 Å². The number of hydrogen-bond donors (Lipinski definition) is 1. The molecule has 0 aliphatic heterocycles. The fourth-order valence-corrected chi connectivity index (χ4v) is 1.89. The third kappa shape index (κ3) is 4.89. The number of ether oxygens (including phenoxy) is 2. The van der Waals surface area contributed by atoms with E-state index in [-0.39, 0.29) is 12.2 Å². The predicted molar refractivity (Wildman–Crippen MR) is 66.8 cm³/mol. The van der Waals surface area contributed by atoms with E-state index < -0.39 is 0 Å². The zero-order valence-corrected chi connectivity index (χ0v) is 10.7. The van der Waals surface area contributed by atoms with E-state index in [1.165, 1.54) is 0 Å². The summed E-state index contributed by atoms with van der Waals surface area (Å²) in [4.78, 5) is 0. The second-order valence-corrected chi connectivity index (χ2v) is 3.87. The number of rotatable bonds is 9. The Bertz CT molecular complexity index is 268. The van der Waals surface area contributed by atoms with E-state index in [2.05, 4.69) is 0 Å². The van der Waals surface area contributed by atoms with Crippen molar-refractivity contribution in [2.75, 3.05) is 19.8 Å². The molecule has 0 amide bonds. The highest BCUT2D eigenvalue weighted by Crippen LogP contribution is 2.26. The van der Waals surface area contributed by atoms with Crippen molar-refractivity contribution in [3.63, 3.8) is 0 Å². The summed E-state index contributed by atoms with van der Waals surface area (Å²) in [5.74, 6) is 1.22. The minimum atomic E-state index is -0.174. The predicted octanol–water partition coefficient (Wildman–Crippen LogP) is 2.50. The monoisotopic (exact) mass is 241 g/mol. The van der Waals surface area contributed by atoms with Gasteiger partial charge in [0, 0.05) is 25.6 Å². The molecule has 0 saturated heterocycles. The number of furan rings is 1. The van der Waals surface area contributed by atoms with E-state index in [4.69, 9.17) is 19.6 Å². The number of hydrogen-bond acceptors (Lipinski definition) is 4. The normalized spacial score (nSPS) is 13.2. The Morgan fingerprint density at radius 2 is 2.00 bits per heavy atom. The summed E-state index contributed by atoms with van der Waals surface area (Å²) in [6.45, 7) is 5.88. The lowest BCUT2D eigenvalue weighted by molar-refractivity contribution is -0.143. The first-order chi connectivity index (χ1) is 8.31. The van der Waals surface area contributed by atoms with Crippen LogP contribution < -0.4 is 5.73 Å². The second-order valence-electron chi connectivity index (χ2n) is 3.87. The van der Waals surface area contributed by atoms with Crippen molar-refractivity contribution in [1.29, 1.82) is 0 Å². The van der Waals surface area contributed by atoms with Crippen LogP contribution in [0.2, 0.25) is 0 Å². The molecule has 4 nitrogen and oxygen atoms in total. The molecular weight excluding hydrogens is 218 g/mol. The van der Waals surface area contributed by atoms with Crippen molar-refractivity contribution in [2.24, 2.45) is 5.73 Å². The molecule has 0 saturated carbocycles. The highest BCUT2D eigenvalue weighted by Gasteiger charge is 2.20. The van der Waals surface area contributed by atoms with Crippen molar-refractivity contribution in [3.05, 3.63) is 24.2 Å². The number of nitrogens with two attached hydrogens (primary N) is 1. The molecule has 1 aromatic rings. The lowest BCUT2D eigenvalue weighted by Crippen LogP contribution is -2.21. The molecule has 0 aromatic carbocycles. The summed E-state index contributed by atoms with van der Waals surface area (Å²) < 4.78 is 16.5. The molecule has 1 atom stereocenters. The van der Waals surface area contributed by atoms with Crippen LogP contribution in [0.5, 0.6) is 0 Å². The fourth-order valence-electron chi connectivity index (χ4n) is 1.89. The van der Waals surface area contributed by atoms with Gasteiger partial charge in [0.25, 0.3) is 0 Å². The van der Waals surface area contributed by atoms with Crippen molar-refractivity contribution in [3.8, 4) is 0 Å². The molecule has 1 rings (SSSR count). The van der Waals surface area contributed by atoms with Gasteiger partial charge in [-0.3, -0.25) is 0 Å². The first-order valence-electron chi connectivity index (χ1n) is 6.28. The van der Waals surface area contributed by atoms with Gasteiger partial charge in [-0.1, -0.05) is 0 Å². The van der Waals surface area contributed by atoms with Crippen LogP contribution in [-0.2, 0) is 9.47 Å². The molecule has 1 heterocycles. The second kappa shape index (κ2) is 8.28. The average Bonchev–Trinajstić information content (AvgIpc) is 2.82. The quantitative estimate of drug-likeness (QED) is 0.675. The SMILES string of the molecule is CCOC(CC(CCN)c1ccco1)OCC. The maximum atomic E-state index is 5.64. The van der Waals surface area contributed by atoms with Gasteiger partial charge in [-0.25, -0.2) is 0 Å². The van der Waals surface area contributed by atoms with Crippen LogP contribution in [-0.4, -0.2) is 26.0 Å².